The molecule has 0 radical (unpaired) electrons. The lowest BCUT2D eigenvalue weighted by Gasteiger charge is -2.21. The standard InChI is InChI=1S/C13H18BrNO2/c1-3-15-9-13(7-8-13)17-12-10(14)5-4-6-11(12)16-2/h4-6,15H,3,7-9H2,1-2H3. The molecule has 1 aromatic carbocycles. The molecule has 1 N–H and O–H groups in total. The van der Waals surface area contributed by atoms with Gasteiger partial charge in [0.25, 0.3) is 0 Å². The summed E-state index contributed by atoms with van der Waals surface area (Å²) in [5.41, 5.74) is -0.0346. The quantitative estimate of drug-likeness (QED) is 0.876. The Hall–Kier alpha value is -0.740. The van der Waals surface area contributed by atoms with Crippen molar-refractivity contribution in [2.24, 2.45) is 0 Å². The molecule has 1 aliphatic carbocycles. The molecular formula is C13H18BrNO2. The van der Waals surface area contributed by atoms with Crippen LogP contribution in [-0.4, -0.2) is 25.8 Å². The first-order valence-electron chi connectivity index (χ1n) is 5.93. The predicted molar refractivity (Wildman–Crippen MR) is 71.8 cm³/mol. The van der Waals surface area contributed by atoms with Gasteiger partial charge in [-0.1, -0.05) is 13.0 Å². The van der Waals surface area contributed by atoms with E-state index in [4.69, 9.17) is 9.47 Å². The van der Waals surface area contributed by atoms with E-state index in [1.165, 1.54) is 0 Å². The number of para-hydroxylation sites is 1. The van der Waals surface area contributed by atoms with E-state index in [-0.39, 0.29) is 5.60 Å². The van der Waals surface area contributed by atoms with Crippen molar-refractivity contribution < 1.29 is 9.47 Å². The van der Waals surface area contributed by atoms with Crippen LogP contribution in [0.2, 0.25) is 0 Å². The van der Waals surface area contributed by atoms with Crippen molar-refractivity contribution in [2.45, 2.75) is 25.4 Å². The SMILES string of the molecule is CCNCC1(Oc2c(Br)cccc2OC)CC1. The van der Waals surface area contributed by atoms with Crippen molar-refractivity contribution in [3.8, 4) is 11.5 Å². The minimum absolute atomic E-state index is 0.0346. The number of methoxy groups -OCH3 is 1. The summed E-state index contributed by atoms with van der Waals surface area (Å²) < 4.78 is 12.4. The molecule has 1 aromatic rings. The van der Waals surface area contributed by atoms with Gasteiger partial charge in [0.1, 0.15) is 5.60 Å². The molecule has 2 rings (SSSR count). The zero-order chi connectivity index (χ0) is 12.3. The highest BCUT2D eigenvalue weighted by Crippen LogP contribution is 2.45. The summed E-state index contributed by atoms with van der Waals surface area (Å²) in [6, 6.07) is 5.84. The van der Waals surface area contributed by atoms with Gasteiger partial charge in [-0.2, -0.15) is 0 Å². The lowest BCUT2D eigenvalue weighted by atomic mass is 10.3. The van der Waals surface area contributed by atoms with Gasteiger partial charge in [-0.25, -0.2) is 0 Å². The normalized spacial score (nSPS) is 16.6. The van der Waals surface area contributed by atoms with Crippen LogP contribution in [0.1, 0.15) is 19.8 Å². The van der Waals surface area contributed by atoms with E-state index in [2.05, 4.69) is 28.2 Å². The summed E-state index contributed by atoms with van der Waals surface area (Å²) in [6.45, 7) is 3.97. The number of rotatable bonds is 6. The highest BCUT2D eigenvalue weighted by molar-refractivity contribution is 9.10. The van der Waals surface area contributed by atoms with Crippen LogP contribution in [0.3, 0.4) is 0 Å². The fraction of sp³-hybridized carbons (Fsp3) is 0.538. The Morgan fingerprint density at radius 2 is 2.18 bits per heavy atom. The highest BCUT2D eigenvalue weighted by Gasteiger charge is 2.45. The number of halogens is 1. The number of hydrogen-bond acceptors (Lipinski definition) is 3. The number of hydrogen-bond donors (Lipinski definition) is 1. The van der Waals surface area contributed by atoms with E-state index in [0.717, 1.165) is 41.9 Å². The maximum Gasteiger partial charge on any atom is 0.176 e. The average Bonchev–Trinajstić information content (AvgIpc) is 3.10. The Morgan fingerprint density at radius 3 is 2.76 bits per heavy atom. The summed E-state index contributed by atoms with van der Waals surface area (Å²) in [4.78, 5) is 0. The largest absolute Gasteiger partial charge is 0.493 e. The van der Waals surface area contributed by atoms with Gasteiger partial charge in [0, 0.05) is 6.54 Å². The summed E-state index contributed by atoms with van der Waals surface area (Å²) in [6.07, 6.45) is 2.20. The third-order valence-corrected chi connectivity index (χ3v) is 3.60. The van der Waals surface area contributed by atoms with E-state index < -0.39 is 0 Å². The number of ether oxygens (including phenoxy) is 2. The van der Waals surface area contributed by atoms with Crippen LogP contribution >= 0.6 is 15.9 Å². The van der Waals surface area contributed by atoms with Crippen LogP contribution in [0.5, 0.6) is 11.5 Å². The first-order valence-corrected chi connectivity index (χ1v) is 6.72. The fourth-order valence-corrected chi connectivity index (χ4v) is 2.20. The van der Waals surface area contributed by atoms with Crippen LogP contribution in [0, 0.1) is 0 Å². The zero-order valence-electron chi connectivity index (χ0n) is 10.3. The zero-order valence-corrected chi connectivity index (χ0v) is 11.8. The summed E-state index contributed by atoms with van der Waals surface area (Å²) in [5.74, 6) is 1.59. The van der Waals surface area contributed by atoms with Crippen LogP contribution in [0.15, 0.2) is 22.7 Å². The van der Waals surface area contributed by atoms with Crippen LogP contribution < -0.4 is 14.8 Å². The van der Waals surface area contributed by atoms with Crippen LogP contribution in [-0.2, 0) is 0 Å². The Balaban J connectivity index is 2.13. The molecule has 94 valence electrons. The Bertz CT molecular complexity index is 391. The molecule has 0 spiro atoms. The second kappa shape index (κ2) is 5.27. The smallest absolute Gasteiger partial charge is 0.176 e. The molecule has 3 nitrogen and oxygen atoms in total. The molecule has 0 unspecified atom stereocenters. The first-order chi connectivity index (χ1) is 8.21. The Kier molecular flexibility index (Phi) is 3.94. The second-order valence-corrected chi connectivity index (χ2v) is 5.19. The highest BCUT2D eigenvalue weighted by atomic mass is 79.9. The van der Waals surface area contributed by atoms with Crippen molar-refractivity contribution in [1.29, 1.82) is 0 Å². The molecule has 0 bridgehead atoms. The van der Waals surface area contributed by atoms with Gasteiger partial charge in [-0.05, 0) is 47.4 Å². The molecule has 0 saturated heterocycles. The van der Waals surface area contributed by atoms with Gasteiger partial charge in [0.2, 0.25) is 0 Å². The maximum atomic E-state index is 6.13. The van der Waals surface area contributed by atoms with Crippen molar-refractivity contribution in [1.82, 2.24) is 5.32 Å². The monoisotopic (exact) mass is 299 g/mol. The number of benzene rings is 1. The van der Waals surface area contributed by atoms with E-state index in [9.17, 15) is 0 Å². The molecule has 1 fully saturated rings. The average molecular weight is 300 g/mol. The van der Waals surface area contributed by atoms with E-state index in [1.807, 2.05) is 18.2 Å². The number of nitrogens with one attached hydrogen (secondary N) is 1. The van der Waals surface area contributed by atoms with Gasteiger partial charge in [-0.3, -0.25) is 0 Å². The van der Waals surface area contributed by atoms with Gasteiger partial charge < -0.3 is 14.8 Å². The lowest BCUT2D eigenvalue weighted by molar-refractivity contribution is 0.168. The van der Waals surface area contributed by atoms with Crippen molar-refractivity contribution in [3.63, 3.8) is 0 Å². The summed E-state index contributed by atoms with van der Waals surface area (Å²) in [7, 11) is 1.67. The van der Waals surface area contributed by atoms with Gasteiger partial charge in [-0.15, -0.1) is 0 Å². The molecule has 1 aliphatic rings. The molecule has 17 heavy (non-hydrogen) atoms. The number of likely N-dealkylation sites (N-methyl/N-ethyl adjacent to an activating group) is 1. The molecule has 0 atom stereocenters. The molecule has 0 heterocycles. The minimum atomic E-state index is -0.0346. The molecule has 1 saturated carbocycles. The molecule has 0 amide bonds. The molecule has 4 heteroatoms. The van der Waals surface area contributed by atoms with Gasteiger partial charge in [0.15, 0.2) is 11.5 Å². The third-order valence-electron chi connectivity index (χ3n) is 2.97. The van der Waals surface area contributed by atoms with Crippen LogP contribution in [0.25, 0.3) is 0 Å². The summed E-state index contributed by atoms with van der Waals surface area (Å²) >= 11 is 3.51. The maximum absolute atomic E-state index is 6.13. The Labute approximate surface area is 111 Å². The first kappa shape index (κ1) is 12.7. The topological polar surface area (TPSA) is 30.5 Å². The van der Waals surface area contributed by atoms with E-state index in [0.29, 0.717) is 0 Å². The van der Waals surface area contributed by atoms with Crippen molar-refractivity contribution in [3.05, 3.63) is 22.7 Å². The fourth-order valence-electron chi connectivity index (χ4n) is 1.77. The van der Waals surface area contributed by atoms with Gasteiger partial charge in [0.05, 0.1) is 11.6 Å². The molecule has 0 aromatic heterocycles. The lowest BCUT2D eigenvalue weighted by Crippen LogP contribution is -2.33. The predicted octanol–water partition coefficient (Wildman–Crippen LogP) is 2.98. The second-order valence-electron chi connectivity index (χ2n) is 4.34. The molecular weight excluding hydrogens is 282 g/mol. The third kappa shape index (κ3) is 2.93. The van der Waals surface area contributed by atoms with E-state index >= 15 is 0 Å². The minimum Gasteiger partial charge on any atom is -0.493 e. The van der Waals surface area contributed by atoms with Crippen molar-refractivity contribution in [2.75, 3.05) is 20.2 Å². The van der Waals surface area contributed by atoms with E-state index in [1.54, 1.807) is 7.11 Å². The summed E-state index contributed by atoms with van der Waals surface area (Å²) in [5, 5.41) is 3.35. The van der Waals surface area contributed by atoms with Crippen molar-refractivity contribution >= 4 is 15.9 Å². The molecule has 0 aliphatic heterocycles. The Morgan fingerprint density at radius 1 is 1.41 bits per heavy atom. The van der Waals surface area contributed by atoms with Gasteiger partial charge >= 0.3 is 0 Å². The van der Waals surface area contributed by atoms with Crippen LogP contribution in [0.4, 0.5) is 0 Å².